The lowest BCUT2D eigenvalue weighted by Crippen LogP contribution is -1.91. The molecule has 3 heterocycles. The quantitative estimate of drug-likeness (QED) is 0.689. The van der Waals surface area contributed by atoms with Crippen molar-refractivity contribution < 1.29 is 0 Å². The maximum atomic E-state index is 5.68. The van der Waals surface area contributed by atoms with Gasteiger partial charge in [-0.05, 0) is 12.1 Å². The SMILES string of the molecule is Clc1cnc(CSc2nnc3ccccn23)cn1. The van der Waals surface area contributed by atoms with E-state index in [0.29, 0.717) is 10.9 Å². The molecule has 0 amide bonds. The first-order valence-corrected chi connectivity index (χ1v) is 6.58. The molecular formula is C11H8ClN5S. The average Bonchev–Trinajstić information content (AvgIpc) is 2.82. The Morgan fingerprint density at radius 3 is 2.94 bits per heavy atom. The van der Waals surface area contributed by atoms with Gasteiger partial charge in [0.05, 0.1) is 18.1 Å². The van der Waals surface area contributed by atoms with Crippen molar-refractivity contribution in [2.75, 3.05) is 0 Å². The Balaban J connectivity index is 1.79. The van der Waals surface area contributed by atoms with Gasteiger partial charge in [0.1, 0.15) is 5.15 Å². The molecule has 0 saturated carbocycles. The number of rotatable bonds is 3. The first kappa shape index (κ1) is 11.4. The zero-order valence-electron chi connectivity index (χ0n) is 9.19. The van der Waals surface area contributed by atoms with Crippen LogP contribution < -0.4 is 0 Å². The third-order valence-corrected chi connectivity index (χ3v) is 3.48. The number of thioether (sulfide) groups is 1. The zero-order chi connectivity index (χ0) is 12.4. The summed E-state index contributed by atoms with van der Waals surface area (Å²) in [6.45, 7) is 0. The summed E-state index contributed by atoms with van der Waals surface area (Å²) in [4.78, 5) is 8.17. The van der Waals surface area contributed by atoms with Crippen molar-refractivity contribution in [1.82, 2.24) is 24.6 Å². The predicted octanol–water partition coefficient (Wildman–Crippen LogP) is 2.46. The molecule has 0 aliphatic rings. The molecule has 3 aromatic rings. The first-order chi connectivity index (χ1) is 8.83. The summed E-state index contributed by atoms with van der Waals surface area (Å²) >= 11 is 7.24. The van der Waals surface area contributed by atoms with Crippen molar-refractivity contribution in [1.29, 1.82) is 0 Å². The van der Waals surface area contributed by atoms with Crippen LogP contribution >= 0.6 is 23.4 Å². The summed E-state index contributed by atoms with van der Waals surface area (Å²) in [5, 5.41) is 9.44. The Hall–Kier alpha value is -1.66. The van der Waals surface area contributed by atoms with E-state index in [4.69, 9.17) is 11.6 Å². The molecule has 0 radical (unpaired) electrons. The topological polar surface area (TPSA) is 56.0 Å². The van der Waals surface area contributed by atoms with Gasteiger partial charge in [0.25, 0.3) is 0 Å². The van der Waals surface area contributed by atoms with Crippen LogP contribution in [0.5, 0.6) is 0 Å². The number of aromatic nitrogens is 5. The normalized spacial score (nSPS) is 10.9. The van der Waals surface area contributed by atoms with E-state index in [1.54, 1.807) is 24.2 Å². The largest absolute Gasteiger partial charge is 0.277 e. The molecule has 3 aromatic heterocycles. The van der Waals surface area contributed by atoms with Gasteiger partial charge >= 0.3 is 0 Å². The highest BCUT2D eigenvalue weighted by atomic mass is 35.5. The minimum absolute atomic E-state index is 0.400. The van der Waals surface area contributed by atoms with Gasteiger partial charge < -0.3 is 0 Å². The summed E-state index contributed by atoms with van der Waals surface area (Å²) in [6, 6.07) is 5.80. The van der Waals surface area contributed by atoms with E-state index in [2.05, 4.69) is 20.2 Å². The van der Waals surface area contributed by atoms with Crippen molar-refractivity contribution in [3.8, 4) is 0 Å². The first-order valence-electron chi connectivity index (χ1n) is 5.22. The molecule has 0 bridgehead atoms. The van der Waals surface area contributed by atoms with E-state index < -0.39 is 0 Å². The fourth-order valence-corrected chi connectivity index (χ4v) is 2.39. The minimum Gasteiger partial charge on any atom is -0.277 e. The Morgan fingerprint density at radius 1 is 1.17 bits per heavy atom. The second kappa shape index (κ2) is 4.91. The number of fused-ring (bicyclic) bond motifs is 1. The Kier molecular flexibility index (Phi) is 3.12. The number of halogens is 1. The Morgan fingerprint density at radius 2 is 2.11 bits per heavy atom. The monoisotopic (exact) mass is 277 g/mol. The molecule has 5 nitrogen and oxygen atoms in total. The summed E-state index contributed by atoms with van der Waals surface area (Å²) in [7, 11) is 0. The minimum atomic E-state index is 0.400. The van der Waals surface area contributed by atoms with Crippen LogP contribution in [0.15, 0.2) is 41.9 Å². The second-order valence-electron chi connectivity index (χ2n) is 3.53. The third kappa shape index (κ3) is 2.30. The summed E-state index contributed by atoms with van der Waals surface area (Å²) in [6.07, 6.45) is 5.14. The Labute approximate surface area is 112 Å². The summed E-state index contributed by atoms with van der Waals surface area (Å²) in [5.41, 5.74) is 1.69. The third-order valence-electron chi connectivity index (χ3n) is 2.31. The highest BCUT2D eigenvalue weighted by molar-refractivity contribution is 7.98. The molecule has 0 N–H and O–H groups in total. The van der Waals surface area contributed by atoms with Crippen LogP contribution in [0.3, 0.4) is 0 Å². The molecule has 7 heteroatoms. The van der Waals surface area contributed by atoms with Gasteiger partial charge in [0.2, 0.25) is 0 Å². The lowest BCUT2D eigenvalue weighted by atomic mass is 10.5. The van der Waals surface area contributed by atoms with E-state index in [9.17, 15) is 0 Å². The molecule has 0 aromatic carbocycles. The molecule has 0 aliphatic heterocycles. The summed E-state index contributed by atoms with van der Waals surface area (Å²) < 4.78 is 1.94. The van der Waals surface area contributed by atoms with E-state index in [-0.39, 0.29) is 0 Å². The predicted molar refractivity (Wildman–Crippen MR) is 69.6 cm³/mol. The maximum absolute atomic E-state index is 5.68. The van der Waals surface area contributed by atoms with Crippen LogP contribution in [0.1, 0.15) is 5.69 Å². The smallest absolute Gasteiger partial charge is 0.195 e. The number of nitrogens with zero attached hydrogens (tertiary/aromatic N) is 5. The fraction of sp³-hybridized carbons (Fsp3) is 0.0909. The van der Waals surface area contributed by atoms with Crippen LogP contribution in [0.2, 0.25) is 5.15 Å². The summed E-state index contributed by atoms with van der Waals surface area (Å²) in [5.74, 6) is 0.680. The van der Waals surface area contributed by atoms with E-state index in [1.165, 1.54) is 0 Å². The van der Waals surface area contributed by atoms with Gasteiger partial charge in [-0.25, -0.2) is 4.98 Å². The van der Waals surface area contributed by atoms with Crippen LogP contribution in [-0.2, 0) is 5.75 Å². The van der Waals surface area contributed by atoms with Crippen molar-refractivity contribution in [3.63, 3.8) is 0 Å². The average molecular weight is 278 g/mol. The number of pyridine rings is 1. The van der Waals surface area contributed by atoms with E-state index in [1.807, 2.05) is 28.8 Å². The number of hydrogen-bond donors (Lipinski definition) is 0. The van der Waals surface area contributed by atoms with Crippen molar-refractivity contribution in [2.45, 2.75) is 10.9 Å². The van der Waals surface area contributed by atoms with Gasteiger partial charge in [0, 0.05) is 11.9 Å². The lowest BCUT2D eigenvalue weighted by Gasteiger charge is -1.99. The molecule has 0 fully saturated rings. The number of hydrogen-bond acceptors (Lipinski definition) is 5. The van der Waals surface area contributed by atoms with Crippen LogP contribution in [-0.4, -0.2) is 24.6 Å². The lowest BCUT2D eigenvalue weighted by molar-refractivity contribution is 0.919. The molecule has 0 spiro atoms. The van der Waals surface area contributed by atoms with Crippen LogP contribution in [0.4, 0.5) is 0 Å². The molecule has 90 valence electrons. The maximum Gasteiger partial charge on any atom is 0.195 e. The highest BCUT2D eigenvalue weighted by Gasteiger charge is 2.06. The van der Waals surface area contributed by atoms with Gasteiger partial charge in [0.15, 0.2) is 10.8 Å². The molecule has 0 atom stereocenters. The van der Waals surface area contributed by atoms with Crippen LogP contribution in [0, 0.1) is 0 Å². The second-order valence-corrected chi connectivity index (χ2v) is 4.86. The molecule has 0 unspecified atom stereocenters. The van der Waals surface area contributed by atoms with Crippen LogP contribution in [0.25, 0.3) is 5.65 Å². The molecule has 3 rings (SSSR count). The van der Waals surface area contributed by atoms with E-state index >= 15 is 0 Å². The van der Waals surface area contributed by atoms with Gasteiger partial charge in [-0.2, -0.15) is 0 Å². The standard InChI is InChI=1S/C11H8ClN5S/c12-9-6-13-8(5-14-9)7-18-11-16-15-10-3-1-2-4-17(10)11/h1-6H,7H2. The molecule has 0 saturated heterocycles. The van der Waals surface area contributed by atoms with Crippen molar-refractivity contribution in [3.05, 3.63) is 47.6 Å². The van der Waals surface area contributed by atoms with Crippen molar-refractivity contribution >= 4 is 29.0 Å². The molecular weight excluding hydrogens is 270 g/mol. The van der Waals surface area contributed by atoms with Crippen molar-refractivity contribution in [2.24, 2.45) is 0 Å². The Bertz CT molecular complexity index is 667. The van der Waals surface area contributed by atoms with Gasteiger partial charge in [-0.1, -0.05) is 29.4 Å². The fourth-order valence-electron chi connectivity index (χ4n) is 1.47. The zero-order valence-corrected chi connectivity index (χ0v) is 10.8. The molecule has 18 heavy (non-hydrogen) atoms. The van der Waals surface area contributed by atoms with Gasteiger partial charge in [-0.3, -0.25) is 9.38 Å². The molecule has 0 aliphatic carbocycles. The van der Waals surface area contributed by atoms with Gasteiger partial charge in [-0.15, -0.1) is 10.2 Å². The van der Waals surface area contributed by atoms with E-state index in [0.717, 1.165) is 16.5 Å². The highest BCUT2D eigenvalue weighted by Crippen LogP contribution is 2.20.